The fourth-order valence-electron chi connectivity index (χ4n) is 3.38. The second-order valence-electron chi connectivity index (χ2n) is 7.41. The third kappa shape index (κ3) is 4.11. The third-order valence-electron chi connectivity index (χ3n) is 5.25. The predicted octanol–water partition coefficient (Wildman–Crippen LogP) is 2.80. The molecular formula is C21H27N3O3S. The Morgan fingerprint density at radius 3 is 2.14 bits per heavy atom. The lowest BCUT2D eigenvalue weighted by Gasteiger charge is -2.32. The maximum atomic E-state index is 13.1. The molecule has 2 aromatic rings. The molecule has 1 amide bonds. The number of sulfonamides is 1. The van der Waals surface area contributed by atoms with Gasteiger partial charge in [-0.05, 0) is 56.6 Å². The second kappa shape index (κ2) is 8.03. The van der Waals surface area contributed by atoms with E-state index in [1.807, 2.05) is 39.1 Å². The lowest BCUT2D eigenvalue weighted by molar-refractivity contribution is 0.102. The topological polar surface area (TPSA) is 69.7 Å². The molecular weight excluding hydrogens is 374 g/mol. The van der Waals surface area contributed by atoms with Gasteiger partial charge in [0, 0.05) is 37.4 Å². The number of benzene rings is 2. The van der Waals surface area contributed by atoms with Gasteiger partial charge in [-0.25, -0.2) is 8.42 Å². The summed E-state index contributed by atoms with van der Waals surface area (Å²) < 4.78 is 27.8. The van der Waals surface area contributed by atoms with E-state index in [9.17, 15) is 13.2 Å². The minimum Gasteiger partial charge on any atom is -0.322 e. The fourth-order valence-corrected chi connectivity index (χ4v) is 5.06. The van der Waals surface area contributed by atoms with Crippen molar-refractivity contribution in [1.29, 1.82) is 0 Å². The maximum Gasteiger partial charge on any atom is 0.255 e. The van der Waals surface area contributed by atoms with Crippen molar-refractivity contribution >= 4 is 21.6 Å². The highest BCUT2D eigenvalue weighted by atomic mass is 32.2. The molecule has 0 aromatic heterocycles. The van der Waals surface area contributed by atoms with Gasteiger partial charge in [0.25, 0.3) is 5.91 Å². The number of hydrogen-bond donors (Lipinski definition) is 1. The fraction of sp³-hybridized carbons (Fsp3) is 0.381. The van der Waals surface area contributed by atoms with Gasteiger partial charge in [-0.15, -0.1) is 0 Å². The number of likely N-dealkylation sites (N-methyl/N-ethyl adjacent to an activating group) is 1. The first kappa shape index (κ1) is 20.5. The largest absolute Gasteiger partial charge is 0.322 e. The minimum atomic E-state index is -3.63. The van der Waals surface area contributed by atoms with Gasteiger partial charge >= 0.3 is 0 Å². The predicted molar refractivity (Wildman–Crippen MR) is 111 cm³/mol. The summed E-state index contributed by atoms with van der Waals surface area (Å²) in [5.41, 5.74) is 3.66. The highest BCUT2D eigenvalue weighted by molar-refractivity contribution is 7.89. The van der Waals surface area contributed by atoms with E-state index in [4.69, 9.17) is 0 Å². The highest BCUT2D eigenvalue weighted by Crippen LogP contribution is 2.24. The van der Waals surface area contributed by atoms with Gasteiger partial charge in [0.05, 0.1) is 4.90 Å². The van der Waals surface area contributed by atoms with Crippen molar-refractivity contribution < 1.29 is 13.2 Å². The first-order valence-corrected chi connectivity index (χ1v) is 10.8. The molecule has 0 saturated carbocycles. The lowest BCUT2D eigenvalue weighted by Crippen LogP contribution is -2.47. The van der Waals surface area contributed by atoms with Crippen molar-refractivity contribution in [1.82, 2.24) is 9.21 Å². The van der Waals surface area contributed by atoms with Gasteiger partial charge in [0.1, 0.15) is 0 Å². The van der Waals surface area contributed by atoms with E-state index in [1.54, 1.807) is 19.1 Å². The SMILES string of the molecule is Cc1ccc(C(=O)Nc2c(C)cccc2C)cc1S(=O)(=O)N1CCN(C)CC1. The number of para-hydroxylation sites is 1. The lowest BCUT2D eigenvalue weighted by atomic mass is 10.1. The number of nitrogens with zero attached hydrogens (tertiary/aromatic N) is 2. The third-order valence-corrected chi connectivity index (χ3v) is 7.29. The number of hydrogen-bond acceptors (Lipinski definition) is 4. The average molecular weight is 402 g/mol. The van der Waals surface area contributed by atoms with Crippen molar-refractivity contribution in [3.8, 4) is 0 Å². The van der Waals surface area contributed by atoms with Crippen LogP contribution in [0.15, 0.2) is 41.3 Å². The molecule has 1 heterocycles. The second-order valence-corrected chi connectivity index (χ2v) is 9.31. The molecule has 0 unspecified atom stereocenters. The molecule has 1 fully saturated rings. The van der Waals surface area contributed by atoms with Crippen LogP contribution in [0.3, 0.4) is 0 Å². The van der Waals surface area contributed by atoms with Gasteiger partial charge in [0.2, 0.25) is 10.0 Å². The molecule has 1 aliphatic heterocycles. The summed E-state index contributed by atoms with van der Waals surface area (Å²) in [6.45, 7) is 7.93. The summed E-state index contributed by atoms with van der Waals surface area (Å²) in [4.78, 5) is 15.1. The van der Waals surface area contributed by atoms with Crippen LogP contribution in [0.4, 0.5) is 5.69 Å². The van der Waals surface area contributed by atoms with E-state index in [-0.39, 0.29) is 10.8 Å². The van der Waals surface area contributed by atoms with Crippen molar-refractivity contribution in [2.24, 2.45) is 0 Å². The number of anilines is 1. The zero-order chi connectivity index (χ0) is 20.5. The summed E-state index contributed by atoms with van der Waals surface area (Å²) in [5, 5.41) is 2.92. The van der Waals surface area contributed by atoms with Crippen molar-refractivity contribution in [2.45, 2.75) is 25.7 Å². The molecule has 0 spiro atoms. The van der Waals surface area contributed by atoms with Gasteiger partial charge in [0.15, 0.2) is 0 Å². The van der Waals surface area contributed by atoms with Crippen LogP contribution in [0.25, 0.3) is 0 Å². The molecule has 1 saturated heterocycles. The normalized spacial score (nSPS) is 16.1. The van der Waals surface area contributed by atoms with Crippen LogP contribution >= 0.6 is 0 Å². The van der Waals surface area contributed by atoms with Gasteiger partial charge in [-0.3, -0.25) is 4.79 Å². The number of nitrogens with one attached hydrogen (secondary N) is 1. The number of amides is 1. The van der Waals surface area contributed by atoms with E-state index in [0.29, 0.717) is 37.3 Å². The molecule has 2 aromatic carbocycles. The quantitative estimate of drug-likeness (QED) is 0.855. The van der Waals surface area contributed by atoms with Crippen LogP contribution in [-0.4, -0.2) is 56.8 Å². The van der Waals surface area contributed by atoms with Crippen LogP contribution in [0.5, 0.6) is 0 Å². The van der Waals surface area contributed by atoms with Crippen molar-refractivity contribution in [3.05, 3.63) is 58.7 Å². The van der Waals surface area contributed by atoms with E-state index in [1.165, 1.54) is 10.4 Å². The van der Waals surface area contributed by atoms with Crippen LogP contribution in [0.1, 0.15) is 27.0 Å². The Morgan fingerprint density at radius 1 is 0.929 bits per heavy atom. The van der Waals surface area contributed by atoms with Crippen LogP contribution in [-0.2, 0) is 10.0 Å². The van der Waals surface area contributed by atoms with Crippen molar-refractivity contribution in [3.63, 3.8) is 0 Å². The van der Waals surface area contributed by atoms with Gasteiger partial charge in [-0.2, -0.15) is 4.31 Å². The summed E-state index contributed by atoms with van der Waals surface area (Å²) in [6, 6.07) is 10.7. The molecule has 0 atom stereocenters. The van der Waals surface area contributed by atoms with E-state index in [0.717, 1.165) is 16.8 Å². The molecule has 0 bridgehead atoms. The first-order valence-electron chi connectivity index (χ1n) is 9.37. The zero-order valence-electron chi connectivity index (χ0n) is 16.8. The molecule has 28 heavy (non-hydrogen) atoms. The van der Waals surface area contributed by atoms with E-state index >= 15 is 0 Å². The first-order chi connectivity index (χ1) is 13.2. The molecule has 0 aliphatic carbocycles. The Morgan fingerprint density at radius 2 is 1.54 bits per heavy atom. The standard InChI is InChI=1S/C21H27N3O3S/c1-15-8-9-18(21(25)22-20-16(2)6-5-7-17(20)3)14-19(15)28(26,27)24-12-10-23(4)11-13-24/h5-9,14H,10-13H2,1-4H3,(H,22,25). The number of piperazine rings is 1. The highest BCUT2D eigenvalue weighted by Gasteiger charge is 2.29. The maximum absolute atomic E-state index is 13.1. The molecule has 3 rings (SSSR count). The summed E-state index contributed by atoms with van der Waals surface area (Å²) in [5.74, 6) is -0.313. The smallest absolute Gasteiger partial charge is 0.255 e. The molecule has 150 valence electrons. The van der Waals surface area contributed by atoms with Crippen LogP contribution < -0.4 is 5.32 Å². The Hall–Kier alpha value is -2.22. The van der Waals surface area contributed by atoms with E-state index in [2.05, 4.69) is 10.2 Å². The monoisotopic (exact) mass is 401 g/mol. The number of carbonyl (C=O) groups is 1. The minimum absolute atomic E-state index is 0.200. The number of rotatable bonds is 4. The summed E-state index contributed by atoms with van der Waals surface area (Å²) >= 11 is 0. The van der Waals surface area contributed by atoms with Gasteiger partial charge < -0.3 is 10.2 Å². The number of aryl methyl sites for hydroxylation is 3. The van der Waals surface area contributed by atoms with Crippen LogP contribution in [0, 0.1) is 20.8 Å². The molecule has 6 nitrogen and oxygen atoms in total. The average Bonchev–Trinajstić information content (AvgIpc) is 2.65. The Bertz CT molecular complexity index is 974. The van der Waals surface area contributed by atoms with E-state index < -0.39 is 10.0 Å². The molecule has 7 heteroatoms. The Balaban J connectivity index is 1.90. The van der Waals surface area contributed by atoms with Gasteiger partial charge in [-0.1, -0.05) is 24.3 Å². The Labute approximate surface area is 167 Å². The number of carbonyl (C=O) groups excluding carboxylic acids is 1. The van der Waals surface area contributed by atoms with Crippen LogP contribution in [0.2, 0.25) is 0 Å². The van der Waals surface area contributed by atoms with Crippen molar-refractivity contribution in [2.75, 3.05) is 38.5 Å². The summed E-state index contributed by atoms with van der Waals surface area (Å²) in [6.07, 6.45) is 0. The zero-order valence-corrected chi connectivity index (χ0v) is 17.6. The molecule has 1 N–H and O–H groups in total. The summed E-state index contributed by atoms with van der Waals surface area (Å²) in [7, 11) is -1.65. The molecule has 1 aliphatic rings. The Kier molecular flexibility index (Phi) is 5.88. The molecule has 0 radical (unpaired) electrons.